The molecule has 1 aromatic carbocycles. The van der Waals surface area contributed by atoms with Crippen LogP contribution in [0.1, 0.15) is 36.5 Å². The lowest BCUT2D eigenvalue weighted by Crippen LogP contribution is -2.08. The Balaban J connectivity index is 2.86. The Hall–Kier alpha value is -1.91. The third-order valence-corrected chi connectivity index (χ3v) is 2.88. The second-order valence-corrected chi connectivity index (χ2v) is 4.26. The van der Waals surface area contributed by atoms with Gasteiger partial charge in [-0.15, -0.1) is 0 Å². The summed E-state index contributed by atoms with van der Waals surface area (Å²) in [4.78, 5) is 12.0. The van der Waals surface area contributed by atoms with Gasteiger partial charge in [-0.3, -0.25) is 0 Å². The standard InChI is InChI=1S/C15H22O5/c1-5-6-7-8-20-15(16)11-9-12(17-2)14(19-4)13(10-11)18-3/h9-10H,5-8H2,1-4H3. The van der Waals surface area contributed by atoms with Crippen molar-refractivity contribution < 1.29 is 23.7 Å². The summed E-state index contributed by atoms with van der Waals surface area (Å²) in [6, 6.07) is 3.17. The largest absolute Gasteiger partial charge is 0.493 e. The van der Waals surface area contributed by atoms with Crippen LogP contribution >= 0.6 is 0 Å². The van der Waals surface area contributed by atoms with E-state index in [4.69, 9.17) is 18.9 Å². The summed E-state index contributed by atoms with van der Waals surface area (Å²) in [5.74, 6) is 0.942. The molecule has 0 fully saturated rings. The van der Waals surface area contributed by atoms with Gasteiger partial charge in [0.05, 0.1) is 33.5 Å². The molecule has 0 saturated heterocycles. The van der Waals surface area contributed by atoms with Gasteiger partial charge < -0.3 is 18.9 Å². The van der Waals surface area contributed by atoms with Crippen molar-refractivity contribution >= 4 is 5.97 Å². The topological polar surface area (TPSA) is 54.0 Å². The fraction of sp³-hybridized carbons (Fsp3) is 0.533. The monoisotopic (exact) mass is 282 g/mol. The van der Waals surface area contributed by atoms with Crippen molar-refractivity contribution in [3.8, 4) is 17.2 Å². The number of hydrogen-bond acceptors (Lipinski definition) is 5. The predicted octanol–water partition coefficient (Wildman–Crippen LogP) is 3.06. The molecule has 0 bridgehead atoms. The van der Waals surface area contributed by atoms with Crippen LogP contribution in [0.15, 0.2) is 12.1 Å². The van der Waals surface area contributed by atoms with E-state index >= 15 is 0 Å². The van der Waals surface area contributed by atoms with Gasteiger partial charge in [0, 0.05) is 0 Å². The molecule has 0 heterocycles. The van der Waals surface area contributed by atoms with Crippen LogP contribution in [-0.2, 0) is 4.74 Å². The van der Waals surface area contributed by atoms with Gasteiger partial charge >= 0.3 is 5.97 Å². The van der Waals surface area contributed by atoms with E-state index in [0.29, 0.717) is 29.4 Å². The summed E-state index contributed by atoms with van der Waals surface area (Å²) >= 11 is 0. The van der Waals surface area contributed by atoms with Gasteiger partial charge in [0.25, 0.3) is 0 Å². The molecule has 0 unspecified atom stereocenters. The summed E-state index contributed by atoms with van der Waals surface area (Å²) in [7, 11) is 4.53. The zero-order valence-corrected chi connectivity index (χ0v) is 12.5. The molecule has 1 rings (SSSR count). The van der Waals surface area contributed by atoms with Crippen LogP contribution in [0.3, 0.4) is 0 Å². The zero-order chi connectivity index (χ0) is 15.0. The van der Waals surface area contributed by atoms with Gasteiger partial charge in [-0.2, -0.15) is 0 Å². The first-order valence-electron chi connectivity index (χ1n) is 6.65. The van der Waals surface area contributed by atoms with E-state index in [1.807, 2.05) is 0 Å². The molecular weight excluding hydrogens is 260 g/mol. The summed E-state index contributed by atoms with van der Waals surface area (Å²) in [5.41, 5.74) is 0.385. The maximum absolute atomic E-state index is 12.0. The Bertz CT molecular complexity index is 417. The van der Waals surface area contributed by atoms with Crippen LogP contribution in [0, 0.1) is 0 Å². The van der Waals surface area contributed by atoms with Crippen LogP contribution in [-0.4, -0.2) is 33.9 Å². The minimum absolute atomic E-state index is 0.385. The molecular formula is C15H22O5. The van der Waals surface area contributed by atoms with Gasteiger partial charge in [0.15, 0.2) is 11.5 Å². The average molecular weight is 282 g/mol. The van der Waals surface area contributed by atoms with Crippen molar-refractivity contribution in [1.82, 2.24) is 0 Å². The normalized spacial score (nSPS) is 10.0. The number of rotatable bonds is 8. The number of methoxy groups -OCH3 is 3. The first-order chi connectivity index (χ1) is 9.67. The van der Waals surface area contributed by atoms with E-state index in [2.05, 4.69) is 6.92 Å². The van der Waals surface area contributed by atoms with Gasteiger partial charge in [0.1, 0.15) is 0 Å². The van der Waals surface area contributed by atoms with Crippen molar-refractivity contribution in [3.63, 3.8) is 0 Å². The van der Waals surface area contributed by atoms with E-state index in [1.54, 1.807) is 12.1 Å². The zero-order valence-electron chi connectivity index (χ0n) is 12.5. The highest BCUT2D eigenvalue weighted by molar-refractivity contribution is 5.91. The van der Waals surface area contributed by atoms with Gasteiger partial charge in [-0.25, -0.2) is 4.79 Å². The van der Waals surface area contributed by atoms with Gasteiger partial charge in [-0.1, -0.05) is 19.8 Å². The average Bonchev–Trinajstić information content (AvgIpc) is 2.49. The third kappa shape index (κ3) is 4.05. The quantitative estimate of drug-likeness (QED) is 0.542. The molecule has 112 valence electrons. The summed E-state index contributed by atoms with van der Waals surface area (Å²) in [6.07, 6.45) is 3.00. The molecule has 0 radical (unpaired) electrons. The van der Waals surface area contributed by atoms with Crippen molar-refractivity contribution in [2.45, 2.75) is 26.2 Å². The molecule has 1 aromatic rings. The lowest BCUT2D eigenvalue weighted by molar-refractivity contribution is 0.0497. The van der Waals surface area contributed by atoms with Crippen molar-refractivity contribution in [2.75, 3.05) is 27.9 Å². The Kier molecular flexibility index (Phi) is 6.70. The molecule has 0 N–H and O–H groups in total. The number of hydrogen-bond donors (Lipinski definition) is 0. The van der Waals surface area contributed by atoms with Gasteiger partial charge in [0.2, 0.25) is 5.75 Å². The third-order valence-electron chi connectivity index (χ3n) is 2.88. The molecule has 5 nitrogen and oxygen atoms in total. The van der Waals surface area contributed by atoms with Gasteiger partial charge in [-0.05, 0) is 18.6 Å². The Labute approximate surface area is 119 Å². The SMILES string of the molecule is CCCCCOC(=O)c1cc(OC)c(OC)c(OC)c1. The van der Waals surface area contributed by atoms with E-state index in [1.165, 1.54) is 21.3 Å². The second-order valence-electron chi connectivity index (χ2n) is 4.26. The van der Waals surface area contributed by atoms with Crippen LogP contribution < -0.4 is 14.2 Å². The fourth-order valence-corrected chi connectivity index (χ4v) is 1.80. The Morgan fingerprint density at radius 3 is 2.05 bits per heavy atom. The number of carbonyl (C=O) groups excluding carboxylic acids is 1. The second kappa shape index (κ2) is 8.30. The minimum Gasteiger partial charge on any atom is -0.493 e. The van der Waals surface area contributed by atoms with Crippen LogP contribution in [0.25, 0.3) is 0 Å². The molecule has 0 aliphatic heterocycles. The fourth-order valence-electron chi connectivity index (χ4n) is 1.80. The van der Waals surface area contributed by atoms with Crippen LogP contribution in [0.2, 0.25) is 0 Å². The van der Waals surface area contributed by atoms with Crippen molar-refractivity contribution in [3.05, 3.63) is 17.7 Å². The lowest BCUT2D eigenvalue weighted by atomic mass is 10.2. The van der Waals surface area contributed by atoms with E-state index in [-0.39, 0.29) is 5.97 Å². The molecule has 0 spiro atoms. The number of carbonyl (C=O) groups is 1. The van der Waals surface area contributed by atoms with Crippen molar-refractivity contribution in [1.29, 1.82) is 0 Å². The summed E-state index contributed by atoms with van der Waals surface area (Å²) in [6.45, 7) is 2.52. The first-order valence-corrected chi connectivity index (χ1v) is 6.65. The highest BCUT2D eigenvalue weighted by Gasteiger charge is 2.17. The van der Waals surface area contributed by atoms with Crippen LogP contribution in [0.4, 0.5) is 0 Å². The van der Waals surface area contributed by atoms with Crippen LogP contribution in [0.5, 0.6) is 17.2 Å². The molecule has 0 atom stereocenters. The maximum atomic E-state index is 12.0. The highest BCUT2D eigenvalue weighted by atomic mass is 16.5. The molecule has 0 amide bonds. The molecule has 0 aliphatic carbocycles. The smallest absolute Gasteiger partial charge is 0.338 e. The molecule has 0 aromatic heterocycles. The number of benzene rings is 1. The maximum Gasteiger partial charge on any atom is 0.338 e. The molecule has 20 heavy (non-hydrogen) atoms. The van der Waals surface area contributed by atoms with Crippen molar-refractivity contribution in [2.24, 2.45) is 0 Å². The molecule has 5 heteroatoms. The highest BCUT2D eigenvalue weighted by Crippen LogP contribution is 2.38. The minimum atomic E-state index is -0.389. The van der Waals surface area contributed by atoms with E-state index < -0.39 is 0 Å². The summed E-state index contributed by atoms with van der Waals surface area (Å²) < 4.78 is 20.8. The first kappa shape index (κ1) is 16.1. The number of ether oxygens (including phenoxy) is 4. The Morgan fingerprint density at radius 1 is 1.00 bits per heavy atom. The Morgan fingerprint density at radius 2 is 1.60 bits per heavy atom. The molecule has 0 aliphatic rings. The number of esters is 1. The van der Waals surface area contributed by atoms with E-state index in [0.717, 1.165) is 19.3 Å². The lowest BCUT2D eigenvalue weighted by Gasteiger charge is -2.13. The summed E-state index contributed by atoms with van der Waals surface area (Å²) in [5, 5.41) is 0. The predicted molar refractivity (Wildman–Crippen MR) is 75.9 cm³/mol. The van der Waals surface area contributed by atoms with E-state index in [9.17, 15) is 4.79 Å². The molecule has 0 saturated carbocycles. The number of unbranched alkanes of at least 4 members (excludes halogenated alkanes) is 2.